The Morgan fingerprint density at radius 1 is 1.32 bits per heavy atom. The third kappa shape index (κ3) is 6.48. The summed E-state index contributed by atoms with van der Waals surface area (Å²) in [5, 5.41) is 4.23. The van der Waals surface area contributed by atoms with Gasteiger partial charge in [-0.05, 0) is 26.3 Å². The first kappa shape index (κ1) is 19.4. The molecule has 0 saturated carbocycles. The summed E-state index contributed by atoms with van der Waals surface area (Å²) in [5.74, 6) is -0.108. The molecule has 0 amide bonds. The third-order valence-electron chi connectivity index (χ3n) is 4.19. The van der Waals surface area contributed by atoms with Gasteiger partial charge in [-0.15, -0.1) is 0 Å². The van der Waals surface area contributed by atoms with Gasteiger partial charge >= 0.3 is 5.97 Å². The highest BCUT2D eigenvalue weighted by molar-refractivity contribution is 6.01. The number of methoxy groups -OCH3 is 1. The van der Waals surface area contributed by atoms with Gasteiger partial charge in [0.05, 0.1) is 19.1 Å². The van der Waals surface area contributed by atoms with Crippen LogP contribution >= 0.6 is 0 Å². The van der Waals surface area contributed by atoms with Crippen LogP contribution in [0.1, 0.15) is 25.3 Å². The Labute approximate surface area is 149 Å². The van der Waals surface area contributed by atoms with Gasteiger partial charge in [0.15, 0.2) is 0 Å². The highest BCUT2D eigenvalue weighted by Crippen LogP contribution is 2.17. The molecule has 138 valence electrons. The SMILES string of the molecule is CCOC(=O)C1CCCN(CCON=C(COC)c2ccccc2)C1. The molecule has 0 N–H and O–H groups in total. The van der Waals surface area contributed by atoms with E-state index in [4.69, 9.17) is 14.3 Å². The Morgan fingerprint density at radius 2 is 2.12 bits per heavy atom. The predicted octanol–water partition coefficient (Wildman–Crippen LogP) is 2.33. The van der Waals surface area contributed by atoms with Gasteiger partial charge in [0.1, 0.15) is 12.3 Å². The van der Waals surface area contributed by atoms with E-state index in [1.54, 1.807) is 7.11 Å². The number of nitrogens with zero attached hydrogens (tertiary/aromatic N) is 2. The quantitative estimate of drug-likeness (QED) is 0.297. The number of esters is 1. The van der Waals surface area contributed by atoms with Gasteiger partial charge in [-0.25, -0.2) is 0 Å². The molecule has 6 nitrogen and oxygen atoms in total. The van der Waals surface area contributed by atoms with Crippen molar-refractivity contribution in [2.24, 2.45) is 11.1 Å². The minimum absolute atomic E-state index is 0.0226. The highest BCUT2D eigenvalue weighted by Gasteiger charge is 2.26. The molecular formula is C19H28N2O4. The summed E-state index contributed by atoms with van der Waals surface area (Å²) in [6.07, 6.45) is 1.91. The van der Waals surface area contributed by atoms with E-state index in [0.29, 0.717) is 19.8 Å². The molecule has 1 saturated heterocycles. The largest absolute Gasteiger partial charge is 0.466 e. The van der Waals surface area contributed by atoms with Crippen molar-refractivity contribution >= 4 is 11.7 Å². The fourth-order valence-electron chi connectivity index (χ4n) is 2.93. The minimum atomic E-state index is -0.0856. The van der Waals surface area contributed by atoms with E-state index in [0.717, 1.165) is 43.8 Å². The summed E-state index contributed by atoms with van der Waals surface area (Å²) in [6.45, 7) is 5.62. The van der Waals surface area contributed by atoms with E-state index in [2.05, 4.69) is 10.1 Å². The lowest BCUT2D eigenvalue weighted by Crippen LogP contribution is -2.40. The Bertz CT molecular complexity index is 548. The Hall–Kier alpha value is -1.92. The van der Waals surface area contributed by atoms with Gasteiger partial charge in [0, 0.05) is 25.8 Å². The smallest absolute Gasteiger partial charge is 0.310 e. The monoisotopic (exact) mass is 348 g/mol. The molecule has 1 fully saturated rings. The third-order valence-corrected chi connectivity index (χ3v) is 4.19. The average molecular weight is 348 g/mol. The average Bonchev–Trinajstić information content (AvgIpc) is 2.65. The van der Waals surface area contributed by atoms with E-state index < -0.39 is 0 Å². The maximum Gasteiger partial charge on any atom is 0.310 e. The highest BCUT2D eigenvalue weighted by atomic mass is 16.6. The van der Waals surface area contributed by atoms with Crippen molar-refractivity contribution < 1.29 is 19.1 Å². The van der Waals surface area contributed by atoms with Crippen LogP contribution < -0.4 is 0 Å². The zero-order valence-corrected chi connectivity index (χ0v) is 15.1. The predicted molar refractivity (Wildman–Crippen MR) is 96.6 cm³/mol. The first-order chi connectivity index (χ1) is 12.2. The number of rotatable bonds is 9. The first-order valence-electron chi connectivity index (χ1n) is 8.86. The lowest BCUT2D eigenvalue weighted by atomic mass is 9.98. The molecule has 1 aliphatic rings. The molecule has 0 aromatic heterocycles. The number of ether oxygens (including phenoxy) is 2. The van der Waals surface area contributed by atoms with Crippen LogP contribution in [0, 0.1) is 5.92 Å². The van der Waals surface area contributed by atoms with Gasteiger partial charge < -0.3 is 14.3 Å². The minimum Gasteiger partial charge on any atom is -0.466 e. The Balaban J connectivity index is 1.79. The summed E-state index contributed by atoms with van der Waals surface area (Å²) < 4.78 is 10.3. The van der Waals surface area contributed by atoms with Gasteiger partial charge in [-0.3, -0.25) is 9.69 Å². The number of benzene rings is 1. The molecule has 0 radical (unpaired) electrons. The second-order valence-corrected chi connectivity index (χ2v) is 6.06. The summed E-state index contributed by atoms with van der Waals surface area (Å²) in [5.41, 5.74) is 1.76. The van der Waals surface area contributed by atoms with Crippen molar-refractivity contribution in [1.29, 1.82) is 0 Å². The summed E-state index contributed by atoms with van der Waals surface area (Å²) >= 11 is 0. The standard InChI is InChI=1S/C19H28N2O4/c1-3-24-19(22)17-10-7-11-21(14-17)12-13-25-20-18(15-23-2)16-8-5-4-6-9-16/h4-6,8-9,17H,3,7,10-15H2,1-2H3. The summed E-state index contributed by atoms with van der Waals surface area (Å²) in [6, 6.07) is 9.85. The van der Waals surface area contributed by atoms with E-state index in [9.17, 15) is 4.79 Å². The van der Waals surface area contributed by atoms with Crippen LogP contribution in [0.25, 0.3) is 0 Å². The zero-order chi connectivity index (χ0) is 17.9. The fraction of sp³-hybridized carbons (Fsp3) is 0.579. The molecule has 0 spiro atoms. The van der Waals surface area contributed by atoms with Crippen LogP contribution in [-0.4, -0.2) is 63.1 Å². The van der Waals surface area contributed by atoms with E-state index >= 15 is 0 Å². The molecule has 1 aromatic carbocycles. The van der Waals surface area contributed by atoms with Crippen LogP contribution in [0.15, 0.2) is 35.5 Å². The molecule has 2 rings (SSSR count). The fourth-order valence-corrected chi connectivity index (χ4v) is 2.93. The molecule has 6 heteroatoms. The van der Waals surface area contributed by atoms with Crippen molar-refractivity contribution in [2.75, 3.05) is 46.6 Å². The zero-order valence-electron chi connectivity index (χ0n) is 15.1. The lowest BCUT2D eigenvalue weighted by Gasteiger charge is -2.30. The van der Waals surface area contributed by atoms with E-state index in [-0.39, 0.29) is 11.9 Å². The number of hydrogen-bond donors (Lipinski definition) is 0. The molecule has 1 aliphatic heterocycles. The van der Waals surface area contributed by atoms with Crippen LogP contribution in [0.3, 0.4) is 0 Å². The Morgan fingerprint density at radius 3 is 2.84 bits per heavy atom. The van der Waals surface area contributed by atoms with Gasteiger partial charge in [-0.2, -0.15) is 0 Å². The number of carbonyl (C=O) groups is 1. The molecule has 25 heavy (non-hydrogen) atoms. The number of oxime groups is 1. The van der Waals surface area contributed by atoms with Gasteiger partial charge in [0.25, 0.3) is 0 Å². The lowest BCUT2D eigenvalue weighted by molar-refractivity contribution is -0.150. The maximum absolute atomic E-state index is 11.9. The molecule has 0 aliphatic carbocycles. The first-order valence-corrected chi connectivity index (χ1v) is 8.86. The van der Waals surface area contributed by atoms with Crippen molar-refractivity contribution in [3.63, 3.8) is 0 Å². The molecule has 0 bridgehead atoms. The molecular weight excluding hydrogens is 320 g/mol. The van der Waals surface area contributed by atoms with E-state index in [1.165, 1.54) is 0 Å². The molecule has 1 unspecified atom stereocenters. The topological polar surface area (TPSA) is 60.4 Å². The number of hydrogen-bond acceptors (Lipinski definition) is 6. The Kier molecular flexibility index (Phi) is 8.42. The number of piperidine rings is 1. The molecule has 1 heterocycles. The molecule has 1 atom stereocenters. The molecule has 1 aromatic rings. The second kappa shape index (κ2) is 10.8. The normalized spacial score (nSPS) is 18.8. The van der Waals surface area contributed by atoms with Gasteiger partial charge in [0.2, 0.25) is 0 Å². The van der Waals surface area contributed by atoms with Crippen LogP contribution in [0.5, 0.6) is 0 Å². The van der Waals surface area contributed by atoms with Crippen LogP contribution in [0.2, 0.25) is 0 Å². The summed E-state index contributed by atoms with van der Waals surface area (Å²) in [7, 11) is 1.64. The number of likely N-dealkylation sites (tertiary alicyclic amines) is 1. The number of carbonyl (C=O) groups excluding carboxylic acids is 1. The van der Waals surface area contributed by atoms with Crippen molar-refractivity contribution in [3.8, 4) is 0 Å². The van der Waals surface area contributed by atoms with Crippen molar-refractivity contribution in [1.82, 2.24) is 4.90 Å². The second-order valence-electron chi connectivity index (χ2n) is 6.06. The van der Waals surface area contributed by atoms with Crippen LogP contribution in [-0.2, 0) is 19.1 Å². The van der Waals surface area contributed by atoms with Gasteiger partial charge in [-0.1, -0.05) is 35.5 Å². The van der Waals surface area contributed by atoms with Crippen molar-refractivity contribution in [2.45, 2.75) is 19.8 Å². The summed E-state index contributed by atoms with van der Waals surface area (Å²) in [4.78, 5) is 19.6. The maximum atomic E-state index is 11.9. The van der Waals surface area contributed by atoms with Crippen LogP contribution in [0.4, 0.5) is 0 Å². The van der Waals surface area contributed by atoms with E-state index in [1.807, 2.05) is 37.3 Å². The van der Waals surface area contributed by atoms with Crippen molar-refractivity contribution in [3.05, 3.63) is 35.9 Å².